The maximum Gasteiger partial charge on any atom is 0.409 e. The Morgan fingerprint density at radius 2 is 1.72 bits per heavy atom. The van der Waals surface area contributed by atoms with E-state index in [2.05, 4.69) is 5.32 Å². The molecule has 0 aromatic rings. The highest BCUT2D eigenvalue weighted by atomic mass is 19.4. The van der Waals surface area contributed by atoms with Crippen LogP contribution in [0.2, 0.25) is 0 Å². The van der Waals surface area contributed by atoms with Gasteiger partial charge in [-0.05, 0) is 6.92 Å². The molecule has 18 heavy (non-hydrogen) atoms. The SMILES string of the molecule is CC1CNCCN1C(=O)C(C(F)(F)F)C(F)(F)F. The van der Waals surface area contributed by atoms with E-state index >= 15 is 0 Å². The fourth-order valence-corrected chi connectivity index (χ4v) is 1.80. The zero-order valence-corrected chi connectivity index (χ0v) is 9.40. The highest BCUT2D eigenvalue weighted by Gasteiger charge is 2.62. The van der Waals surface area contributed by atoms with Gasteiger partial charge < -0.3 is 10.2 Å². The quantitative estimate of drug-likeness (QED) is 0.738. The summed E-state index contributed by atoms with van der Waals surface area (Å²) in [5, 5.41) is 2.78. The standard InChI is InChI=1S/C9H12F6N2O/c1-5-4-16-2-3-17(5)7(18)6(8(10,11)12)9(13,14)15/h5-6,16H,2-4H2,1H3. The van der Waals surface area contributed by atoms with Crippen LogP contribution in [0.4, 0.5) is 26.3 Å². The maximum atomic E-state index is 12.4. The third-order valence-electron chi connectivity index (χ3n) is 2.69. The summed E-state index contributed by atoms with van der Waals surface area (Å²) in [7, 11) is 0. The first-order valence-corrected chi connectivity index (χ1v) is 5.19. The van der Waals surface area contributed by atoms with Gasteiger partial charge >= 0.3 is 12.4 Å². The molecule has 0 aromatic carbocycles. The maximum absolute atomic E-state index is 12.4. The predicted molar refractivity (Wildman–Crippen MR) is 49.6 cm³/mol. The molecule has 1 saturated heterocycles. The van der Waals surface area contributed by atoms with Crippen LogP contribution < -0.4 is 5.32 Å². The third kappa shape index (κ3) is 3.27. The van der Waals surface area contributed by atoms with Gasteiger partial charge in [-0.3, -0.25) is 4.79 Å². The molecule has 0 aliphatic carbocycles. The third-order valence-corrected chi connectivity index (χ3v) is 2.69. The van der Waals surface area contributed by atoms with E-state index < -0.39 is 30.2 Å². The lowest BCUT2D eigenvalue weighted by molar-refractivity contribution is -0.278. The molecule has 0 radical (unpaired) electrons. The van der Waals surface area contributed by atoms with Crippen LogP contribution in [0.15, 0.2) is 0 Å². The molecule has 0 aromatic heterocycles. The van der Waals surface area contributed by atoms with Crippen molar-refractivity contribution >= 4 is 5.91 Å². The van der Waals surface area contributed by atoms with Gasteiger partial charge in [0.1, 0.15) is 0 Å². The number of carbonyl (C=O) groups excluding carboxylic acids is 1. The molecular weight excluding hydrogens is 266 g/mol. The minimum atomic E-state index is -5.63. The summed E-state index contributed by atoms with van der Waals surface area (Å²) in [6, 6.07) is -0.696. The number of alkyl halides is 6. The number of halogens is 6. The van der Waals surface area contributed by atoms with Gasteiger partial charge in [0.05, 0.1) is 0 Å². The molecule has 0 bridgehead atoms. The molecule has 9 heteroatoms. The van der Waals surface area contributed by atoms with Gasteiger partial charge in [0, 0.05) is 25.7 Å². The molecule has 1 unspecified atom stereocenters. The van der Waals surface area contributed by atoms with Crippen molar-refractivity contribution in [3.05, 3.63) is 0 Å². The Bertz CT molecular complexity index is 299. The number of rotatable bonds is 1. The zero-order chi connectivity index (χ0) is 14.1. The Kier molecular flexibility index (Phi) is 4.14. The number of nitrogens with zero attached hydrogens (tertiary/aromatic N) is 1. The van der Waals surface area contributed by atoms with Crippen molar-refractivity contribution in [1.82, 2.24) is 10.2 Å². The largest absolute Gasteiger partial charge is 0.409 e. The normalized spacial score (nSPS) is 22.4. The summed E-state index contributed by atoms with van der Waals surface area (Å²) in [5.74, 6) is -5.87. The molecular formula is C9H12F6N2O. The van der Waals surface area contributed by atoms with Crippen LogP contribution in [0.5, 0.6) is 0 Å². The van der Waals surface area contributed by atoms with Crippen molar-refractivity contribution in [3.8, 4) is 0 Å². The van der Waals surface area contributed by atoms with Gasteiger partial charge in [-0.2, -0.15) is 26.3 Å². The van der Waals surface area contributed by atoms with E-state index in [1.165, 1.54) is 6.92 Å². The molecule has 3 nitrogen and oxygen atoms in total. The van der Waals surface area contributed by atoms with Gasteiger partial charge in [-0.25, -0.2) is 0 Å². The van der Waals surface area contributed by atoms with E-state index in [0.29, 0.717) is 4.90 Å². The second kappa shape index (κ2) is 4.94. The zero-order valence-electron chi connectivity index (χ0n) is 9.40. The summed E-state index contributed by atoms with van der Waals surface area (Å²) < 4.78 is 74.2. The first kappa shape index (κ1) is 15.1. The van der Waals surface area contributed by atoms with Gasteiger partial charge in [-0.15, -0.1) is 0 Å². The lowest BCUT2D eigenvalue weighted by Crippen LogP contribution is -2.58. The molecule has 1 N–H and O–H groups in total. The molecule has 1 amide bonds. The van der Waals surface area contributed by atoms with E-state index in [1.807, 2.05) is 0 Å². The number of piperazine rings is 1. The van der Waals surface area contributed by atoms with E-state index in [9.17, 15) is 31.1 Å². The average Bonchev–Trinajstić information content (AvgIpc) is 2.13. The van der Waals surface area contributed by atoms with Crippen molar-refractivity contribution < 1.29 is 31.1 Å². The summed E-state index contributed by atoms with van der Waals surface area (Å²) in [6.07, 6.45) is -11.3. The van der Waals surface area contributed by atoms with E-state index in [4.69, 9.17) is 0 Å². The second-order valence-electron chi connectivity index (χ2n) is 4.10. The fraction of sp³-hybridized carbons (Fsp3) is 0.889. The Morgan fingerprint density at radius 1 is 1.22 bits per heavy atom. The van der Waals surface area contributed by atoms with Crippen LogP contribution in [-0.2, 0) is 4.79 Å². The summed E-state index contributed by atoms with van der Waals surface area (Å²) >= 11 is 0. The van der Waals surface area contributed by atoms with Crippen molar-refractivity contribution in [2.45, 2.75) is 25.3 Å². The molecule has 0 saturated carbocycles. The Labute approximate surface area is 99.1 Å². The Balaban J connectivity index is 2.96. The lowest BCUT2D eigenvalue weighted by atomic mass is 10.0. The van der Waals surface area contributed by atoms with Crippen LogP contribution in [-0.4, -0.2) is 48.8 Å². The average molecular weight is 278 g/mol. The van der Waals surface area contributed by atoms with Crippen LogP contribution in [0.1, 0.15) is 6.92 Å². The number of carbonyl (C=O) groups is 1. The van der Waals surface area contributed by atoms with Crippen molar-refractivity contribution in [1.29, 1.82) is 0 Å². The predicted octanol–water partition coefficient (Wildman–Crippen LogP) is 1.55. The lowest BCUT2D eigenvalue weighted by Gasteiger charge is -2.37. The topological polar surface area (TPSA) is 32.3 Å². The van der Waals surface area contributed by atoms with Crippen molar-refractivity contribution in [3.63, 3.8) is 0 Å². The summed E-state index contributed by atoms with van der Waals surface area (Å²) in [4.78, 5) is 12.1. The Hall–Kier alpha value is -0.990. The molecule has 1 fully saturated rings. The molecule has 1 rings (SSSR count). The minimum absolute atomic E-state index is 0.164. The summed E-state index contributed by atoms with van der Waals surface area (Å²) in [6.45, 7) is 1.59. The molecule has 1 heterocycles. The van der Waals surface area contributed by atoms with Crippen LogP contribution in [0.3, 0.4) is 0 Å². The van der Waals surface area contributed by atoms with Gasteiger partial charge in [0.2, 0.25) is 11.8 Å². The molecule has 106 valence electrons. The Morgan fingerprint density at radius 3 is 2.11 bits per heavy atom. The number of hydrogen-bond donors (Lipinski definition) is 1. The van der Waals surface area contributed by atoms with E-state index in [0.717, 1.165) is 0 Å². The van der Waals surface area contributed by atoms with Crippen LogP contribution in [0, 0.1) is 5.92 Å². The first-order valence-electron chi connectivity index (χ1n) is 5.19. The van der Waals surface area contributed by atoms with Crippen molar-refractivity contribution in [2.24, 2.45) is 5.92 Å². The highest BCUT2D eigenvalue weighted by Crippen LogP contribution is 2.40. The number of hydrogen-bond acceptors (Lipinski definition) is 2. The monoisotopic (exact) mass is 278 g/mol. The van der Waals surface area contributed by atoms with Crippen LogP contribution >= 0.6 is 0 Å². The molecule has 1 aliphatic heterocycles. The van der Waals surface area contributed by atoms with Gasteiger partial charge in [0.25, 0.3) is 0 Å². The smallest absolute Gasteiger partial charge is 0.337 e. The van der Waals surface area contributed by atoms with Gasteiger partial charge in [-0.1, -0.05) is 0 Å². The van der Waals surface area contributed by atoms with Crippen molar-refractivity contribution in [2.75, 3.05) is 19.6 Å². The molecule has 1 aliphatic rings. The van der Waals surface area contributed by atoms with Crippen LogP contribution in [0.25, 0.3) is 0 Å². The number of amides is 1. The minimum Gasteiger partial charge on any atom is -0.337 e. The number of nitrogens with one attached hydrogen (secondary N) is 1. The molecule has 1 atom stereocenters. The highest BCUT2D eigenvalue weighted by molar-refractivity contribution is 5.81. The first-order chi connectivity index (χ1) is 8.05. The summed E-state index contributed by atoms with van der Waals surface area (Å²) in [5.41, 5.74) is 0. The second-order valence-corrected chi connectivity index (χ2v) is 4.10. The van der Waals surface area contributed by atoms with E-state index in [1.54, 1.807) is 0 Å². The molecule has 0 spiro atoms. The van der Waals surface area contributed by atoms with Gasteiger partial charge in [0.15, 0.2) is 0 Å². The van der Waals surface area contributed by atoms with E-state index in [-0.39, 0.29) is 19.6 Å². The fourth-order valence-electron chi connectivity index (χ4n) is 1.80.